The molecule has 10 heteroatoms. The Morgan fingerprint density at radius 1 is 0.941 bits per heavy atom. The van der Waals surface area contributed by atoms with E-state index in [1.807, 2.05) is 41.8 Å². The van der Waals surface area contributed by atoms with Crippen molar-refractivity contribution >= 4 is 46.1 Å². The van der Waals surface area contributed by atoms with Gasteiger partial charge in [-0.1, -0.05) is 43.3 Å². The molecule has 176 valence electrons. The fraction of sp³-hybridized carbons (Fsp3) is 0.208. The predicted molar refractivity (Wildman–Crippen MR) is 124 cm³/mol. The Balaban J connectivity index is 2.39. The number of primary amides is 2. The van der Waals surface area contributed by atoms with Crippen LogP contribution in [-0.4, -0.2) is 47.7 Å². The smallest absolute Gasteiger partial charge is 0.325 e. The Morgan fingerprint density at radius 2 is 1.62 bits per heavy atom. The van der Waals surface area contributed by atoms with Crippen LogP contribution < -0.4 is 16.4 Å². The summed E-state index contributed by atoms with van der Waals surface area (Å²) in [6.07, 6.45) is 0.357. The molecule has 34 heavy (non-hydrogen) atoms. The molecule has 10 nitrogen and oxygen atoms in total. The van der Waals surface area contributed by atoms with Gasteiger partial charge in [0.25, 0.3) is 11.7 Å². The fourth-order valence-electron chi connectivity index (χ4n) is 3.93. The lowest BCUT2D eigenvalue weighted by Crippen LogP contribution is -2.43. The zero-order valence-electron chi connectivity index (χ0n) is 18.7. The number of methoxy groups -OCH3 is 1. The van der Waals surface area contributed by atoms with Crippen molar-refractivity contribution in [3.05, 3.63) is 65.4 Å². The number of esters is 1. The number of ether oxygens (including phenoxy) is 1. The minimum atomic E-state index is -1.30. The molecule has 0 aliphatic carbocycles. The highest BCUT2D eigenvalue weighted by Crippen LogP contribution is 2.36. The van der Waals surface area contributed by atoms with Crippen molar-refractivity contribution < 1.29 is 28.7 Å². The quantitative estimate of drug-likeness (QED) is 0.287. The maximum absolute atomic E-state index is 13.0. The van der Waals surface area contributed by atoms with Crippen LogP contribution in [0.4, 0.5) is 5.69 Å². The van der Waals surface area contributed by atoms with Gasteiger partial charge < -0.3 is 20.8 Å². The average molecular weight is 464 g/mol. The van der Waals surface area contributed by atoms with Crippen molar-refractivity contribution in [2.24, 2.45) is 11.5 Å². The number of rotatable bonds is 8. The topological polar surface area (TPSA) is 155 Å². The number of hydrogen-bond donors (Lipinski definition) is 2. The number of nitrogens with two attached hydrogens (primary N) is 2. The van der Waals surface area contributed by atoms with E-state index in [9.17, 15) is 24.0 Å². The number of ketones is 1. The van der Waals surface area contributed by atoms with E-state index in [0.29, 0.717) is 24.2 Å². The first kappa shape index (κ1) is 24.2. The van der Waals surface area contributed by atoms with Crippen molar-refractivity contribution in [3.8, 4) is 0 Å². The summed E-state index contributed by atoms with van der Waals surface area (Å²) in [6, 6.07) is 14.2. The molecule has 0 saturated heterocycles. The van der Waals surface area contributed by atoms with Gasteiger partial charge in [-0.05, 0) is 24.1 Å². The zero-order valence-corrected chi connectivity index (χ0v) is 18.7. The second kappa shape index (κ2) is 9.99. The van der Waals surface area contributed by atoms with E-state index in [1.165, 1.54) is 6.07 Å². The number of anilines is 1. The van der Waals surface area contributed by atoms with E-state index in [1.54, 1.807) is 12.1 Å². The van der Waals surface area contributed by atoms with Crippen LogP contribution in [-0.2, 0) is 36.9 Å². The van der Waals surface area contributed by atoms with Gasteiger partial charge in [-0.2, -0.15) is 0 Å². The minimum absolute atomic E-state index is 0.00340. The number of hydrogen-bond acceptors (Lipinski definition) is 6. The van der Waals surface area contributed by atoms with Crippen LogP contribution in [0.25, 0.3) is 10.9 Å². The van der Waals surface area contributed by atoms with Crippen LogP contribution >= 0.6 is 0 Å². The molecule has 0 aliphatic rings. The Bertz CT molecular complexity index is 1300. The lowest BCUT2D eigenvalue weighted by molar-refractivity contribution is -0.141. The monoisotopic (exact) mass is 464 g/mol. The Kier molecular flexibility index (Phi) is 7.10. The SMILES string of the molecule is CCc1c(C(=O)C(N)=O)c2c(N(CC(=O)OC)C(=O)C(N)=O)cccc2n1Cc1ccccc1. The van der Waals surface area contributed by atoms with Crippen LogP contribution in [0.1, 0.15) is 28.5 Å². The van der Waals surface area contributed by atoms with Crippen LogP contribution in [0.3, 0.4) is 0 Å². The first-order chi connectivity index (χ1) is 16.2. The van der Waals surface area contributed by atoms with Crippen molar-refractivity contribution in [1.29, 1.82) is 0 Å². The van der Waals surface area contributed by atoms with Gasteiger partial charge in [-0.25, -0.2) is 0 Å². The average Bonchev–Trinajstić information content (AvgIpc) is 3.15. The van der Waals surface area contributed by atoms with Gasteiger partial charge in [0.1, 0.15) is 6.54 Å². The fourth-order valence-corrected chi connectivity index (χ4v) is 3.93. The summed E-state index contributed by atoms with van der Waals surface area (Å²) in [4.78, 5) is 62.2. The normalized spacial score (nSPS) is 10.6. The number of fused-ring (bicyclic) bond motifs is 1. The molecule has 0 radical (unpaired) electrons. The van der Waals surface area contributed by atoms with Gasteiger partial charge in [0.2, 0.25) is 0 Å². The lowest BCUT2D eigenvalue weighted by atomic mass is 10.0. The molecule has 0 saturated carbocycles. The number of Topliss-reactive ketones (excluding diaryl/α,β-unsaturated/α-hetero) is 1. The molecule has 0 spiro atoms. The molecular weight excluding hydrogens is 440 g/mol. The summed E-state index contributed by atoms with van der Waals surface area (Å²) in [7, 11) is 1.13. The van der Waals surface area contributed by atoms with Gasteiger partial charge in [-0.3, -0.25) is 28.9 Å². The maximum Gasteiger partial charge on any atom is 0.325 e. The highest BCUT2D eigenvalue weighted by atomic mass is 16.5. The molecule has 0 fully saturated rings. The molecule has 0 atom stereocenters. The van der Waals surface area contributed by atoms with Crippen molar-refractivity contribution in [2.45, 2.75) is 19.9 Å². The first-order valence-electron chi connectivity index (χ1n) is 10.4. The summed E-state index contributed by atoms with van der Waals surface area (Å²) in [5, 5.41) is 0.206. The van der Waals surface area contributed by atoms with Gasteiger partial charge in [0.05, 0.1) is 23.9 Å². The predicted octanol–water partition coefficient (Wildman–Crippen LogP) is 0.911. The standard InChI is InChI=1S/C24H24N4O6/c1-3-15-20(21(30)22(25)31)19-16(27(15)12-14-8-5-4-6-9-14)10-7-11-17(19)28(13-18(29)34-2)24(33)23(26)32/h4-11H,3,12-13H2,1-2H3,(H2,25,31)(H2,26,32). The van der Waals surface area contributed by atoms with Crippen molar-refractivity contribution in [1.82, 2.24) is 4.57 Å². The van der Waals surface area contributed by atoms with Crippen molar-refractivity contribution in [2.75, 3.05) is 18.6 Å². The highest BCUT2D eigenvalue weighted by molar-refractivity contribution is 6.46. The van der Waals surface area contributed by atoms with Gasteiger partial charge in [0.15, 0.2) is 0 Å². The van der Waals surface area contributed by atoms with Crippen LogP contribution in [0.2, 0.25) is 0 Å². The van der Waals surface area contributed by atoms with Crippen LogP contribution in [0.15, 0.2) is 48.5 Å². The van der Waals surface area contributed by atoms with E-state index in [4.69, 9.17) is 11.5 Å². The molecular formula is C24H24N4O6. The largest absolute Gasteiger partial charge is 0.468 e. The molecule has 0 aliphatic heterocycles. The molecule has 4 N–H and O–H groups in total. The summed E-state index contributed by atoms with van der Waals surface area (Å²) in [5.74, 6) is -5.42. The Hall–Kier alpha value is -4.47. The van der Waals surface area contributed by atoms with Crippen LogP contribution in [0.5, 0.6) is 0 Å². The van der Waals surface area contributed by atoms with E-state index in [0.717, 1.165) is 17.6 Å². The molecule has 0 bridgehead atoms. The third-order valence-electron chi connectivity index (χ3n) is 5.41. The van der Waals surface area contributed by atoms with E-state index in [-0.39, 0.29) is 16.6 Å². The second-order valence-electron chi connectivity index (χ2n) is 7.44. The number of amides is 3. The molecule has 3 aromatic rings. The number of carbonyl (C=O) groups excluding carboxylic acids is 5. The molecule has 2 aromatic carbocycles. The molecule has 3 amide bonds. The van der Waals surface area contributed by atoms with E-state index in [2.05, 4.69) is 4.74 Å². The van der Waals surface area contributed by atoms with Gasteiger partial charge >= 0.3 is 17.8 Å². The van der Waals surface area contributed by atoms with E-state index < -0.39 is 36.0 Å². The van der Waals surface area contributed by atoms with Gasteiger partial charge in [0, 0.05) is 17.6 Å². The van der Waals surface area contributed by atoms with E-state index >= 15 is 0 Å². The summed E-state index contributed by atoms with van der Waals surface area (Å²) < 4.78 is 6.50. The molecule has 3 rings (SSSR count). The molecule has 0 unspecified atom stereocenters. The third kappa shape index (κ3) is 4.51. The lowest BCUT2D eigenvalue weighted by Gasteiger charge is -2.21. The first-order valence-corrected chi connectivity index (χ1v) is 10.4. The highest BCUT2D eigenvalue weighted by Gasteiger charge is 2.31. The Morgan fingerprint density at radius 3 is 2.18 bits per heavy atom. The minimum Gasteiger partial charge on any atom is -0.468 e. The van der Waals surface area contributed by atoms with Crippen molar-refractivity contribution in [3.63, 3.8) is 0 Å². The number of aromatic nitrogens is 1. The number of benzene rings is 2. The summed E-state index contributed by atoms with van der Waals surface area (Å²) in [6.45, 7) is 1.54. The second-order valence-corrected chi connectivity index (χ2v) is 7.44. The van der Waals surface area contributed by atoms with Gasteiger partial charge in [-0.15, -0.1) is 0 Å². The maximum atomic E-state index is 13.0. The number of carbonyl (C=O) groups is 5. The third-order valence-corrected chi connectivity index (χ3v) is 5.41. The summed E-state index contributed by atoms with van der Waals surface area (Å²) >= 11 is 0. The number of nitrogens with zero attached hydrogens (tertiary/aromatic N) is 2. The molecule has 1 heterocycles. The van der Waals surface area contributed by atoms with Crippen LogP contribution in [0, 0.1) is 0 Å². The Labute approximate surface area is 195 Å². The summed E-state index contributed by atoms with van der Waals surface area (Å²) in [5.41, 5.74) is 12.6. The molecule has 1 aromatic heterocycles. The zero-order chi connectivity index (χ0) is 25.0.